The van der Waals surface area contributed by atoms with Crippen LogP contribution in [0.25, 0.3) is 0 Å². The van der Waals surface area contributed by atoms with Crippen LogP contribution in [0.2, 0.25) is 0 Å². The van der Waals surface area contributed by atoms with E-state index in [1.807, 2.05) is 0 Å². The van der Waals surface area contributed by atoms with Gasteiger partial charge in [0.05, 0.1) is 14.2 Å². The summed E-state index contributed by atoms with van der Waals surface area (Å²) in [6, 6.07) is 1.39. The molecule has 0 saturated carbocycles. The highest BCUT2D eigenvalue weighted by Gasteiger charge is 2.36. The predicted octanol–water partition coefficient (Wildman–Crippen LogP) is 0.513. The molecule has 9 heteroatoms. The van der Waals surface area contributed by atoms with Crippen LogP contribution in [0, 0.1) is 5.92 Å². The van der Waals surface area contributed by atoms with Crippen LogP contribution in [0.15, 0.2) is 10.3 Å². The molecule has 0 radical (unpaired) electrons. The molecule has 1 fully saturated rings. The Bertz CT molecular complexity index is 626. The largest absolute Gasteiger partial charge is 0.494 e. The molecule has 2 heterocycles. The Labute approximate surface area is 127 Å². The smallest absolute Gasteiger partial charge is 0.348 e. The number of carbonyl (C=O) groups excluding carboxylic acids is 1. The summed E-state index contributed by atoms with van der Waals surface area (Å²) in [6.45, 7) is 1.28. The number of thiophene rings is 1. The molecule has 1 aromatic heterocycles. The van der Waals surface area contributed by atoms with Gasteiger partial charge >= 0.3 is 5.97 Å². The van der Waals surface area contributed by atoms with Gasteiger partial charge in [0.25, 0.3) is 10.0 Å². The molecule has 0 aliphatic carbocycles. The third kappa shape index (κ3) is 3.05. The van der Waals surface area contributed by atoms with Gasteiger partial charge in [-0.2, -0.15) is 4.31 Å². The third-order valence-corrected chi connectivity index (χ3v) is 6.88. The van der Waals surface area contributed by atoms with Crippen molar-refractivity contribution in [1.82, 2.24) is 4.31 Å². The van der Waals surface area contributed by atoms with Gasteiger partial charge < -0.3 is 15.2 Å². The zero-order chi connectivity index (χ0) is 15.6. The molecule has 0 bridgehead atoms. The minimum atomic E-state index is -3.68. The van der Waals surface area contributed by atoms with Crippen LogP contribution in [-0.2, 0) is 14.8 Å². The molecular weight excluding hydrogens is 316 g/mol. The van der Waals surface area contributed by atoms with E-state index in [0.29, 0.717) is 19.6 Å². The number of nitrogens with zero attached hydrogens (tertiary/aromatic N) is 1. The number of rotatable bonds is 5. The summed E-state index contributed by atoms with van der Waals surface area (Å²) in [5.41, 5.74) is 5.59. The second-order valence-corrected chi connectivity index (χ2v) is 7.90. The molecular formula is C12H18N2O5S2. The number of methoxy groups -OCH3 is 2. The Morgan fingerprint density at radius 1 is 1.52 bits per heavy atom. The van der Waals surface area contributed by atoms with Gasteiger partial charge in [0.15, 0.2) is 9.96 Å². The molecule has 1 aromatic rings. The highest BCUT2D eigenvalue weighted by molar-refractivity contribution is 7.91. The van der Waals surface area contributed by atoms with Crippen molar-refractivity contribution in [2.75, 3.05) is 33.9 Å². The van der Waals surface area contributed by atoms with Gasteiger partial charge in [0.1, 0.15) is 4.88 Å². The van der Waals surface area contributed by atoms with E-state index in [2.05, 4.69) is 4.74 Å². The predicted molar refractivity (Wildman–Crippen MR) is 78.1 cm³/mol. The number of carbonyl (C=O) groups is 1. The maximum absolute atomic E-state index is 12.7. The quantitative estimate of drug-likeness (QED) is 0.788. The van der Waals surface area contributed by atoms with Crippen molar-refractivity contribution >= 4 is 27.3 Å². The topological polar surface area (TPSA) is 98.9 Å². The van der Waals surface area contributed by atoms with Gasteiger partial charge in [-0.15, -0.1) is 11.3 Å². The van der Waals surface area contributed by atoms with E-state index in [0.717, 1.165) is 17.8 Å². The Hall–Kier alpha value is -1.16. The number of sulfonamides is 1. The molecule has 0 aromatic carbocycles. The fourth-order valence-corrected chi connectivity index (χ4v) is 5.37. The van der Waals surface area contributed by atoms with E-state index < -0.39 is 16.0 Å². The lowest BCUT2D eigenvalue weighted by Gasteiger charge is -2.15. The second-order valence-electron chi connectivity index (χ2n) is 4.71. The fraction of sp³-hybridized carbons (Fsp3) is 0.583. The first kappa shape index (κ1) is 16.2. The first-order chi connectivity index (χ1) is 9.93. The summed E-state index contributed by atoms with van der Waals surface area (Å²) in [7, 11) is -1.07. The summed E-state index contributed by atoms with van der Waals surface area (Å²) >= 11 is 0.859. The van der Waals surface area contributed by atoms with Gasteiger partial charge in [-0.25, -0.2) is 13.2 Å². The van der Waals surface area contributed by atoms with Crippen molar-refractivity contribution < 1.29 is 22.7 Å². The Balaban J connectivity index is 2.36. The SMILES string of the molecule is COC(=O)c1cc(OC)c(S(=O)(=O)N2CCC(CN)C2)s1. The molecule has 2 N–H and O–H groups in total. The lowest BCUT2D eigenvalue weighted by Crippen LogP contribution is -2.29. The summed E-state index contributed by atoms with van der Waals surface area (Å²) in [6.07, 6.45) is 0.743. The van der Waals surface area contributed by atoms with Gasteiger partial charge in [-0.05, 0) is 18.9 Å². The summed E-state index contributed by atoms with van der Waals surface area (Å²) in [4.78, 5) is 11.7. The molecule has 21 heavy (non-hydrogen) atoms. The van der Waals surface area contributed by atoms with Crippen LogP contribution in [0.4, 0.5) is 0 Å². The van der Waals surface area contributed by atoms with Crippen LogP contribution in [0.3, 0.4) is 0 Å². The molecule has 1 aliphatic heterocycles. The molecule has 1 atom stereocenters. The monoisotopic (exact) mass is 334 g/mol. The van der Waals surface area contributed by atoms with Gasteiger partial charge in [-0.3, -0.25) is 0 Å². The van der Waals surface area contributed by atoms with E-state index in [4.69, 9.17) is 10.5 Å². The van der Waals surface area contributed by atoms with E-state index in [-0.39, 0.29) is 20.8 Å². The number of esters is 1. The van der Waals surface area contributed by atoms with Crippen molar-refractivity contribution in [2.24, 2.45) is 11.7 Å². The molecule has 1 unspecified atom stereocenters. The van der Waals surface area contributed by atoms with E-state index in [1.165, 1.54) is 24.6 Å². The molecule has 0 spiro atoms. The van der Waals surface area contributed by atoms with Gasteiger partial charge in [0.2, 0.25) is 0 Å². The standard InChI is InChI=1S/C12H18N2O5S2/c1-18-9-5-10(11(15)19-2)20-12(9)21(16,17)14-4-3-8(6-13)7-14/h5,8H,3-4,6-7,13H2,1-2H3. The van der Waals surface area contributed by atoms with Crippen molar-refractivity contribution in [3.05, 3.63) is 10.9 Å². The Morgan fingerprint density at radius 2 is 2.24 bits per heavy atom. The summed E-state index contributed by atoms with van der Waals surface area (Å²) in [5, 5.41) is 0. The maximum Gasteiger partial charge on any atom is 0.348 e. The van der Waals surface area contributed by atoms with Crippen LogP contribution >= 0.6 is 11.3 Å². The van der Waals surface area contributed by atoms with Crippen molar-refractivity contribution in [3.63, 3.8) is 0 Å². The zero-order valence-electron chi connectivity index (χ0n) is 11.9. The number of nitrogens with two attached hydrogens (primary N) is 1. The average Bonchev–Trinajstić information content (AvgIpc) is 3.13. The van der Waals surface area contributed by atoms with E-state index in [9.17, 15) is 13.2 Å². The number of hydrogen-bond acceptors (Lipinski definition) is 7. The summed E-state index contributed by atoms with van der Waals surface area (Å²) in [5.74, 6) is -0.247. The van der Waals surface area contributed by atoms with Crippen molar-refractivity contribution in [3.8, 4) is 5.75 Å². The first-order valence-electron chi connectivity index (χ1n) is 6.40. The van der Waals surface area contributed by atoms with Crippen LogP contribution in [0.5, 0.6) is 5.75 Å². The molecule has 2 rings (SSSR count). The van der Waals surface area contributed by atoms with Crippen LogP contribution in [-0.4, -0.2) is 52.5 Å². The van der Waals surface area contributed by atoms with Crippen molar-refractivity contribution in [1.29, 1.82) is 0 Å². The molecule has 1 saturated heterocycles. The average molecular weight is 334 g/mol. The number of ether oxygens (including phenoxy) is 2. The Kier molecular flexibility index (Phi) is 4.87. The van der Waals surface area contributed by atoms with Gasteiger partial charge in [-0.1, -0.05) is 0 Å². The molecule has 0 amide bonds. The number of hydrogen-bond donors (Lipinski definition) is 1. The zero-order valence-corrected chi connectivity index (χ0v) is 13.5. The summed E-state index contributed by atoms with van der Waals surface area (Å²) < 4.78 is 36.5. The van der Waals surface area contributed by atoms with Gasteiger partial charge in [0, 0.05) is 19.2 Å². The molecule has 7 nitrogen and oxygen atoms in total. The first-order valence-corrected chi connectivity index (χ1v) is 8.66. The maximum atomic E-state index is 12.7. The van der Waals surface area contributed by atoms with Crippen LogP contribution < -0.4 is 10.5 Å². The van der Waals surface area contributed by atoms with Crippen LogP contribution in [0.1, 0.15) is 16.1 Å². The second kappa shape index (κ2) is 6.30. The van der Waals surface area contributed by atoms with E-state index >= 15 is 0 Å². The lowest BCUT2D eigenvalue weighted by atomic mass is 10.1. The van der Waals surface area contributed by atoms with Crippen molar-refractivity contribution in [2.45, 2.75) is 10.6 Å². The third-order valence-electron chi connectivity index (χ3n) is 3.43. The molecule has 118 valence electrons. The highest BCUT2D eigenvalue weighted by Crippen LogP contribution is 2.37. The normalized spacial score (nSPS) is 19.7. The minimum absolute atomic E-state index is 0.0306. The lowest BCUT2D eigenvalue weighted by molar-refractivity contribution is 0.0606. The van der Waals surface area contributed by atoms with E-state index in [1.54, 1.807) is 0 Å². The minimum Gasteiger partial charge on any atom is -0.494 e. The highest BCUT2D eigenvalue weighted by atomic mass is 32.2. The fourth-order valence-electron chi connectivity index (χ4n) is 2.21. The Morgan fingerprint density at radius 3 is 2.76 bits per heavy atom. The molecule has 1 aliphatic rings.